The minimum absolute atomic E-state index is 0.643. The second-order valence-electron chi connectivity index (χ2n) is 0.585. The number of hydrogen-bond acceptors (Lipinski definition) is 2. The number of alkyl halides is 1. The van der Waals surface area contributed by atoms with Gasteiger partial charge in [-0.25, -0.2) is 0 Å². The Kier molecular flexibility index (Phi) is 6.37. The van der Waals surface area contributed by atoms with Gasteiger partial charge in [0.05, 0.1) is 0 Å². The molecule has 0 aliphatic rings. The zero-order chi connectivity index (χ0) is 4.99. The Hall–Kier alpha value is 1.77. The van der Waals surface area contributed by atoms with Crippen molar-refractivity contribution in [1.82, 2.24) is 0 Å². The van der Waals surface area contributed by atoms with Crippen LogP contribution < -0.4 is 0 Å². The Morgan fingerprint density at radius 2 is 2.33 bits per heavy atom. The topological polar surface area (TPSA) is 9.23 Å². The molecule has 0 aliphatic carbocycles. The van der Waals surface area contributed by atoms with E-state index in [-0.39, 0.29) is 0 Å². The second-order valence-corrected chi connectivity index (χ2v) is 19.2. The molecule has 0 atom stereocenters. The van der Waals surface area contributed by atoms with Crippen molar-refractivity contribution in [2.45, 2.75) is 0 Å². The van der Waals surface area contributed by atoms with E-state index in [1.807, 2.05) is 0 Å². The SMILES string of the molecule is COSI(C)I. The molecule has 6 heavy (non-hydrogen) atoms. The van der Waals surface area contributed by atoms with E-state index in [0.717, 1.165) is 0 Å². The molecule has 0 rings (SSSR count). The summed E-state index contributed by atoms with van der Waals surface area (Å²) < 4.78 is 4.78. The number of halogens is 2. The first kappa shape index (κ1) is 7.77. The van der Waals surface area contributed by atoms with Crippen molar-refractivity contribution < 1.29 is 4.18 Å². The molecule has 0 bridgehead atoms. The standard InChI is InChI=1S/C2H6I2OS/c1-4(3)6-5-2/h1-2H3. The molecule has 0 heterocycles. The summed E-state index contributed by atoms with van der Waals surface area (Å²) in [6, 6.07) is 0. The average molecular weight is 332 g/mol. The van der Waals surface area contributed by atoms with E-state index in [0.29, 0.717) is 0 Å². The molecule has 0 radical (unpaired) electrons. The predicted octanol–water partition coefficient (Wildman–Crippen LogP) is 2.68. The molecule has 0 aromatic heterocycles. The van der Waals surface area contributed by atoms with E-state index in [1.165, 1.54) is 0 Å². The predicted molar refractivity (Wildman–Crippen MR) is 48.6 cm³/mol. The maximum atomic E-state index is 4.78. The summed E-state index contributed by atoms with van der Waals surface area (Å²) in [6.45, 7) is 0. The van der Waals surface area contributed by atoms with Crippen molar-refractivity contribution >= 4 is 42.3 Å². The molecule has 0 unspecified atom stereocenters. The molecule has 40 valence electrons. The third kappa shape index (κ3) is 5.77. The van der Waals surface area contributed by atoms with Crippen LogP contribution in [0.3, 0.4) is 0 Å². The van der Waals surface area contributed by atoms with E-state index in [2.05, 4.69) is 23.5 Å². The molecule has 0 aromatic carbocycles. The molecular weight excluding hydrogens is 326 g/mol. The van der Waals surface area contributed by atoms with Gasteiger partial charge in [-0.2, -0.15) is 0 Å². The molecule has 0 aromatic rings. The van der Waals surface area contributed by atoms with Crippen LogP contribution in [0.2, 0.25) is 0 Å². The minimum atomic E-state index is -0.643. The first-order chi connectivity index (χ1) is 2.77. The van der Waals surface area contributed by atoms with Gasteiger partial charge in [0.2, 0.25) is 0 Å². The van der Waals surface area contributed by atoms with E-state index in [9.17, 15) is 0 Å². The quantitative estimate of drug-likeness (QED) is 0.437. The van der Waals surface area contributed by atoms with Gasteiger partial charge < -0.3 is 0 Å². The van der Waals surface area contributed by atoms with E-state index in [1.54, 1.807) is 16.3 Å². The Labute approximate surface area is 57.8 Å². The fraction of sp³-hybridized carbons (Fsp3) is 1.00. The summed E-state index contributed by atoms with van der Waals surface area (Å²) in [7, 11) is 3.35. The Balaban J connectivity index is 2.63. The van der Waals surface area contributed by atoms with Crippen molar-refractivity contribution in [3.05, 3.63) is 0 Å². The van der Waals surface area contributed by atoms with E-state index >= 15 is 0 Å². The summed E-state index contributed by atoms with van der Waals surface area (Å²) >= 11 is 1.79. The second kappa shape index (κ2) is 4.92. The molecule has 4 heteroatoms. The molecule has 0 N–H and O–H groups in total. The average Bonchev–Trinajstić information content (AvgIpc) is 1.35. The summed E-state index contributed by atoms with van der Waals surface area (Å²) in [5.74, 6) is 0. The van der Waals surface area contributed by atoms with Crippen LogP contribution in [-0.2, 0) is 4.18 Å². The van der Waals surface area contributed by atoms with Crippen molar-refractivity contribution in [3.8, 4) is 0 Å². The molecular formula is C2H6I2OS. The van der Waals surface area contributed by atoms with Crippen molar-refractivity contribution in [1.29, 1.82) is 0 Å². The first-order valence-corrected chi connectivity index (χ1v) is 13.0. The van der Waals surface area contributed by atoms with Gasteiger partial charge in [-0.05, 0) is 0 Å². The third-order valence-electron chi connectivity index (χ3n) is 0.150. The van der Waals surface area contributed by atoms with Crippen LogP contribution in [0.4, 0.5) is 0 Å². The van der Waals surface area contributed by atoms with Crippen LogP contribution in [-0.4, -0.2) is 12.0 Å². The van der Waals surface area contributed by atoms with Crippen LogP contribution >= 0.6 is 42.3 Å². The summed E-state index contributed by atoms with van der Waals surface area (Å²) in [4.78, 5) is 2.23. The summed E-state index contributed by atoms with van der Waals surface area (Å²) in [5, 5.41) is 0. The maximum absolute atomic E-state index is 4.78. The molecule has 0 saturated heterocycles. The normalized spacial score (nSPS) is 11.5. The van der Waals surface area contributed by atoms with Gasteiger partial charge in [0.15, 0.2) is 0 Å². The van der Waals surface area contributed by atoms with Gasteiger partial charge >= 0.3 is 58.5 Å². The number of rotatable bonds is 2. The summed E-state index contributed by atoms with van der Waals surface area (Å²) in [5.41, 5.74) is 0. The molecule has 0 fully saturated rings. The Bertz CT molecular complexity index is 32.7. The monoisotopic (exact) mass is 332 g/mol. The van der Waals surface area contributed by atoms with E-state index < -0.39 is 14.5 Å². The van der Waals surface area contributed by atoms with Crippen molar-refractivity contribution in [2.75, 3.05) is 12.0 Å². The Morgan fingerprint density at radius 1 is 1.83 bits per heavy atom. The first-order valence-electron chi connectivity index (χ1n) is 1.25. The van der Waals surface area contributed by atoms with Gasteiger partial charge in [-0.3, -0.25) is 0 Å². The molecule has 0 amide bonds. The van der Waals surface area contributed by atoms with Crippen LogP contribution in [0, 0.1) is 0 Å². The molecule has 1 nitrogen and oxygen atoms in total. The molecule has 0 spiro atoms. The van der Waals surface area contributed by atoms with Crippen LogP contribution in [0.5, 0.6) is 0 Å². The fourth-order valence-corrected chi connectivity index (χ4v) is 4.48. The van der Waals surface area contributed by atoms with Gasteiger partial charge in [-0.1, -0.05) is 0 Å². The Morgan fingerprint density at radius 3 is 2.33 bits per heavy atom. The van der Waals surface area contributed by atoms with Gasteiger partial charge in [-0.15, -0.1) is 0 Å². The van der Waals surface area contributed by atoms with Crippen molar-refractivity contribution in [2.24, 2.45) is 0 Å². The molecule has 0 saturated carbocycles. The fourth-order valence-electron chi connectivity index (χ4n) is 0.0868. The van der Waals surface area contributed by atoms with E-state index in [4.69, 9.17) is 4.18 Å². The number of hydrogen-bond donors (Lipinski definition) is 0. The van der Waals surface area contributed by atoms with Gasteiger partial charge in [0.1, 0.15) is 0 Å². The van der Waals surface area contributed by atoms with Crippen LogP contribution in [0.15, 0.2) is 0 Å². The van der Waals surface area contributed by atoms with Crippen LogP contribution in [0.1, 0.15) is 0 Å². The van der Waals surface area contributed by atoms with Gasteiger partial charge in [0.25, 0.3) is 0 Å². The van der Waals surface area contributed by atoms with Crippen LogP contribution in [0.25, 0.3) is 0 Å². The summed E-state index contributed by atoms with van der Waals surface area (Å²) in [6.07, 6.45) is 0. The van der Waals surface area contributed by atoms with Gasteiger partial charge in [0, 0.05) is 0 Å². The van der Waals surface area contributed by atoms with Crippen molar-refractivity contribution in [3.63, 3.8) is 0 Å². The zero-order valence-electron chi connectivity index (χ0n) is 3.57. The molecule has 0 aliphatic heterocycles. The zero-order valence-corrected chi connectivity index (χ0v) is 8.70. The third-order valence-corrected chi connectivity index (χ3v) is 5.75.